The fourth-order valence-electron chi connectivity index (χ4n) is 2.86. The molecule has 0 saturated heterocycles. The van der Waals surface area contributed by atoms with E-state index in [4.69, 9.17) is 4.74 Å². The fourth-order valence-corrected chi connectivity index (χ4v) is 3.68. The van der Waals surface area contributed by atoms with Crippen molar-refractivity contribution >= 4 is 35.0 Å². The van der Waals surface area contributed by atoms with Gasteiger partial charge in [0.25, 0.3) is 5.91 Å². The Kier molecular flexibility index (Phi) is 5.34. The molecule has 0 aliphatic heterocycles. The van der Waals surface area contributed by atoms with Gasteiger partial charge in [-0.3, -0.25) is 4.79 Å². The summed E-state index contributed by atoms with van der Waals surface area (Å²) < 4.78 is 5.18. The Bertz CT molecular complexity index is 822. The number of aryl methyl sites for hydroxylation is 3. The predicted octanol–water partition coefficient (Wildman–Crippen LogP) is 4.13. The van der Waals surface area contributed by atoms with E-state index >= 15 is 0 Å². The molecular formula is C20H21NO3S. The van der Waals surface area contributed by atoms with Gasteiger partial charge in [-0.05, 0) is 79.5 Å². The number of thiophene rings is 1. The summed E-state index contributed by atoms with van der Waals surface area (Å²) in [6.07, 6.45) is 5.54. The number of carbonyl (C=O) groups excluding carboxylic acids is 2. The molecule has 4 nitrogen and oxygen atoms in total. The molecular weight excluding hydrogens is 334 g/mol. The Morgan fingerprint density at radius 1 is 1.24 bits per heavy atom. The normalized spacial score (nSPS) is 14.3. The summed E-state index contributed by atoms with van der Waals surface area (Å²) in [5.41, 5.74) is 4.50. The number of amides is 1. The number of rotatable bonds is 5. The first-order valence-electron chi connectivity index (χ1n) is 8.38. The summed E-state index contributed by atoms with van der Waals surface area (Å²) in [4.78, 5) is 25.1. The fraction of sp³-hybridized carbons (Fsp3) is 0.300. The molecule has 1 aliphatic carbocycles. The Morgan fingerprint density at radius 3 is 2.80 bits per heavy atom. The van der Waals surface area contributed by atoms with Crippen LogP contribution in [0.1, 0.15) is 34.9 Å². The molecule has 1 amide bonds. The number of nitrogens with one attached hydrogen (secondary N) is 1. The van der Waals surface area contributed by atoms with Crippen molar-refractivity contribution in [3.8, 4) is 0 Å². The van der Waals surface area contributed by atoms with E-state index in [0.29, 0.717) is 0 Å². The van der Waals surface area contributed by atoms with Gasteiger partial charge in [-0.1, -0.05) is 6.07 Å². The molecule has 25 heavy (non-hydrogen) atoms. The van der Waals surface area contributed by atoms with Crippen LogP contribution in [-0.4, -0.2) is 18.0 Å². The molecule has 0 unspecified atom stereocenters. The van der Waals surface area contributed by atoms with Gasteiger partial charge >= 0.3 is 5.97 Å². The van der Waals surface area contributed by atoms with Gasteiger partial charge in [-0.25, -0.2) is 4.79 Å². The number of anilines is 1. The molecule has 0 bridgehead atoms. The first-order valence-corrected chi connectivity index (χ1v) is 9.26. The van der Waals surface area contributed by atoms with Crippen molar-refractivity contribution in [1.82, 2.24) is 0 Å². The lowest BCUT2D eigenvalue weighted by atomic mass is 10.1. The van der Waals surface area contributed by atoms with Crippen molar-refractivity contribution in [2.75, 3.05) is 5.32 Å². The van der Waals surface area contributed by atoms with E-state index in [1.165, 1.54) is 17.2 Å². The van der Waals surface area contributed by atoms with E-state index < -0.39 is 12.1 Å². The third-order valence-corrected chi connectivity index (χ3v) is 5.28. The maximum atomic E-state index is 12.2. The average molecular weight is 355 g/mol. The third-order valence-electron chi connectivity index (χ3n) is 4.30. The molecule has 1 aromatic carbocycles. The van der Waals surface area contributed by atoms with Crippen molar-refractivity contribution in [3.63, 3.8) is 0 Å². The van der Waals surface area contributed by atoms with Crippen LogP contribution in [0, 0.1) is 6.92 Å². The van der Waals surface area contributed by atoms with Gasteiger partial charge in [0.2, 0.25) is 0 Å². The minimum atomic E-state index is -0.852. The van der Waals surface area contributed by atoms with Crippen LogP contribution in [0.2, 0.25) is 0 Å². The van der Waals surface area contributed by atoms with Crippen molar-refractivity contribution in [3.05, 3.63) is 57.3 Å². The number of benzene rings is 1. The summed E-state index contributed by atoms with van der Waals surface area (Å²) in [5, 5.41) is 4.78. The molecule has 1 atom stereocenters. The quantitative estimate of drug-likeness (QED) is 0.648. The summed E-state index contributed by atoms with van der Waals surface area (Å²) in [6.45, 7) is 3.55. The van der Waals surface area contributed by atoms with Crippen LogP contribution in [0.5, 0.6) is 0 Å². The van der Waals surface area contributed by atoms with E-state index in [0.717, 1.165) is 35.4 Å². The predicted molar refractivity (Wildman–Crippen MR) is 101 cm³/mol. The zero-order valence-electron chi connectivity index (χ0n) is 14.4. The van der Waals surface area contributed by atoms with Crippen molar-refractivity contribution in [2.45, 2.75) is 39.2 Å². The first kappa shape index (κ1) is 17.4. The minimum absolute atomic E-state index is 0.327. The number of esters is 1. The smallest absolute Gasteiger partial charge is 0.331 e. The van der Waals surface area contributed by atoms with Crippen LogP contribution in [0.15, 0.2) is 35.7 Å². The van der Waals surface area contributed by atoms with Crippen LogP contribution >= 0.6 is 11.3 Å². The maximum Gasteiger partial charge on any atom is 0.331 e. The molecule has 130 valence electrons. The first-order chi connectivity index (χ1) is 12.0. The monoisotopic (exact) mass is 355 g/mol. The minimum Gasteiger partial charge on any atom is -0.449 e. The Morgan fingerprint density at radius 2 is 2.04 bits per heavy atom. The molecule has 1 aromatic heterocycles. The SMILES string of the molecule is Cc1ccsc1/C=C/C(=O)O[C@H](C)C(=O)Nc1ccc2c(c1)CCC2. The lowest BCUT2D eigenvalue weighted by Gasteiger charge is -2.13. The lowest BCUT2D eigenvalue weighted by molar-refractivity contribution is -0.148. The van der Waals surface area contributed by atoms with Gasteiger partial charge < -0.3 is 10.1 Å². The lowest BCUT2D eigenvalue weighted by Crippen LogP contribution is -2.29. The summed E-state index contributed by atoms with van der Waals surface area (Å²) in [5.74, 6) is -0.851. The summed E-state index contributed by atoms with van der Waals surface area (Å²) in [7, 11) is 0. The molecule has 1 N–H and O–H groups in total. The number of hydrogen-bond acceptors (Lipinski definition) is 4. The van der Waals surface area contributed by atoms with Crippen LogP contribution in [0.3, 0.4) is 0 Å². The molecule has 5 heteroatoms. The van der Waals surface area contributed by atoms with Crippen molar-refractivity contribution < 1.29 is 14.3 Å². The van der Waals surface area contributed by atoms with Gasteiger partial charge in [0.15, 0.2) is 6.10 Å². The van der Waals surface area contributed by atoms with E-state index in [1.54, 1.807) is 24.3 Å². The topological polar surface area (TPSA) is 55.4 Å². The number of carbonyl (C=O) groups is 2. The highest BCUT2D eigenvalue weighted by molar-refractivity contribution is 7.11. The second kappa shape index (κ2) is 7.66. The van der Waals surface area contributed by atoms with E-state index in [-0.39, 0.29) is 5.91 Å². The molecule has 0 spiro atoms. The van der Waals surface area contributed by atoms with E-state index in [1.807, 2.05) is 30.5 Å². The van der Waals surface area contributed by atoms with Gasteiger partial charge in [-0.2, -0.15) is 0 Å². The Hall–Kier alpha value is -2.40. The van der Waals surface area contributed by atoms with Gasteiger partial charge in [-0.15, -0.1) is 11.3 Å². The zero-order valence-corrected chi connectivity index (χ0v) is 15.2. The zero-order chi connectivity index (χ0) is 17.8. The van der Waals surface area contributed by atoms with Crippen LogP contribution in [0.25, 0.3) is 6.08 Å². The van der Waals surface area contributed by atoms with Crippen molar-refractivity contribution in [1.29, 1.82) is 0 Å². The number of fused-ring (bicyclic) bond motifs is 1. The van der Waals surface area contributed by atoms with Crippen LogP contribution in [-0.2, 0) is 27.2 Å². The molecule has 1 heterocycles. The van der Waals surface area contributed by atoms with Crippen molar-refractivity contribution in [2.24, 2.45) is 0 Å². The maximum absolute atomic E-state index is 12.2. The third kappa shape index (κ3) is 4.37. The Labute approximate surface area is 151 Å². The molecule has 1 aliphatic rings. The standard InChI is InChI=1S/C20H21NO3S/c1-13-10-11-25-18(13)8-9-19(22)24-14(2)20(23)21-17-7-6-15-4-3-5-16(15)12-17/h6-12,14H,3-5H2,1-2H3,(H,21,23)/b9-8+/t14-/m1/s1. The Balaban J connectivity index is 1.54. The van der Waals surface area contributed by atoms with Gasteiger partial charge in [0.05, 0.1) is 0 Å². The second-order valence-electron chi connectivity index (χ2n) is 6.21. The number of hydrogen-bond donors (Lipinski definition) is 1. The van der Waals surface area contributed by atoms with Crippen LogP contribution in [0.4, 0.5) is 5.69 Å². The summed E-state index contributed by atoms with van der Waals surface area (Å²) in [6, 6.07) is 7.95. The molecule has 0 radical (unpaired) electrons. The highest BCUT2D eigenvalue weighted by Gasteiger charge is 2.18. The van der Waals surface area contributed by atoms with Gasteiger partial charge in [0, 0.05) is 16.6 Å². The summed E-state index contributed by atoms with van der Waals surface area (Å²) >= 11 is 1.55. The number of ether oxygens (including phenoxy) is 1. The van der Waals surface area contributed by atoms with Crippen LogP contribution < -0.4 is 5.32 Å². The van der Waals surface area contributed by atoms with E-state index in [2.05, 4.69) is 11.4 Å². The molecule has 0 fully saturated rings. The average Bonchev–Trinajstić information content (AvgIpc) is 3.21. The largest absolute Gasteiger partial charge is 0.449 e. The van der Waals surface area contributed by atoms with E-state index in [9.17, 15) is 9.59 Å². The highest BCUT2D eigenvalue weighted by Crippen LogP contribution is 2.25. The van der Waals surface area contributed by atoms with Gasteiger partial charge in [0.1, 0.15) is 0 Å². The molecule has 2 aromatic rings. The highest BCUT2D eigenvalue weighted by atomic mass is 32.1. The molecule has 0 saturated carbocycles. The molecule has 3 rings (SSSR count). The second-order valence-corrected chi connectivity index (χ2v) is 7.15.